The first-order chi connectivity index (χ1) is 15.6. The summed E-state index contributed by atoms with van der Waals surface area (Å²) in [5, 5.41) is 15.6. The highest BCUT2D eigenvalue weighted by Gasteiger charge is 2.21. The molecule has 0 saturated carbocycles. The molecule has 2 N–H and O–H groups in total. The highest BCUT2D eigenvalue weighted by Crippen LogP contribution is 2.20. The third kappa shape index (κ3) is 6.93. The molecule has 33 heavy (non-hydrogen) atoms. The average Bonchev–Trinajstić information content (AvgIpc) is 3.14. The van der Waals surface area contributed by atoms with E-state index in [1.807, 2.05) is 36.7 Å². The minimum atomic E-state index is 0. The minimum absolute atomic E-state index is 0. The maximum atomic E-state index is 4.87. The Morgan fingerprint density at radius 3 is 2.52 bits per heavy atom. The lowest BCUT2D eigenvalue weighted by Crippen LogP contribution is -2.51. The summed E-state index contributed by atoms with van der Waals surface area (Å²) in [5.41, 5.74) is 3.76. The van der Waals surface area contributed by atoms with E-state index in [0.717, 1.165) is 43.5 Å². The highest BCUT2D eigenvalue weighted by atomic mass is 127. The molecular weight excluding hydrogens is 525 g/mol. The van der Waals surface area contributed by atoms with Crippen molar-refractivity contribution in [3.05, 3.63) is 77.4 Å². The number of guanidine groups is 1. The van der Waals surface area contributed by atoms with Crippen molar-refractivity contribution in [2.24, 2.45) is 12.0 Å². The second-order valence-corrected chi connectivity index (χ2v) is 8.49. The van der Waals surface area contributed by atoms with Crippen LogP contribution in [-0.2, 0) is 20.1 Å². The summed E-state index contributed by atoms with van der Waals surface area (Å²) in [4.78, 5) is 7.33. The van der Waals surface area contributed by atoms with Crippen LogP contribution in [0.1, 0.15) is 35.6 Å². The molecule has 4 rings (SSSR count). The van der Waals surface area contributed by atoms with Crippen molar-refractivity contribution < 1.29 is 0 Å². The first-order valence-corrected chi connectivity index (χ1v) is 11.3. The Kier molecular flexibility index (Phi) is 9.11. The fraction of sp³-hybridized carbons (Fsp3) is 0.400. The zero-order valence-electron chi connectivity index (χ0n) is 19.7. The van der Waals surface area contributed by atoms with Gasteiger partial charge in [0.15, 0.2) is 11.8 Å². The van der Waals surface area contributed by atoms with Crippen LogP contribution in [0.5, 0.6) is 0 Å². The number of halogens is 1. The molecule has 1 aromatic heterocycles. The van der Waals surface area contributed by atoms with Gasteiger partial charge in [-0.15, -0.1) is 34.2 Å². The number of piperidine rings is 1. The van der Waals surface area contributed by atoms with Crippen molar-refractivity contribution >= 4 is 35.6 Å². The van der Waals surface area contributed by atoms with E-state index in [9.17, 15) is 0 Å². The molecule has 0 radical (unpaired) electrons. The summed E-state index contributed by atoms with van der Waals surface area (Å²) in [5.74, 6) is 2.60. The van der Waals surface area contributed by atoms with Crippen molar-refractivity contribution in [3.63, 3.8) is 0 Å². The second-order valence-electron chi connectivity index (χ2n) is 8.49. The van der Waals surface area contributed by atoms with Crippen molar-refractivity contribution in [1.29, 1.82) is 0 Å². The molecule has 1 fully saturated rings. The van der Waals surface area contributed by atoms with E-state index in [4.69, 9.17) is 4.99 Å². The molecule has 3 aromatic rings. The third-order valence-corrected chi connectivity index (χ3v) is 6.02. The van der Waals surface area contributed by atoms with Crippen LogP contribution in [0.2, 0.25) is 0 Å². The number of hydrogen-bond donors (Lipinski definition) is 2. The lowest BCUT2D eigenvalue weighted by molar-refractivity contribution is 0.467. The van der Waals surface area contributed by atoms with Crippen LogP contribution in [0.4, 0.5) is 5.69 Å². The first-order valence-electron chi connectivity index (χ1n) is 11.3. The van der Waals surface area contributed by atoms with Gasteiger partial charge in [-0.25, -0.2) is 4.99 Å². The Bertz CT molecular complexity index is 1030. The second kappa shape index (κ2) is 12.0. The summed E-state index contributed by atoms with van der Waals surface area (Å²) >= 11 is 0. The molecule has 1 aliphatic rings. The lowest BCUT2D eigenvalue weighted by Gasteiger charge is -2.35. The molecule has 1 aliphatic heterocycles. The number of aromatic nitrogens is 3. The predicted octanol–water partition coefficient (Wildman–Crippen LogP) is 3.95. The van der Waals surface area contributed by atoms with Gasteiger partial charge in [0.2, 0.25) is 0 Å². The minimum Gasteiger partial charge on any atom is -0.369 e. The van der Waals surface area contributed by atoms with Gasteiger partial charge in [0, 0.05) is 31.9 Å². The lowest BCUT2D eigenvalue weighted by atomic mass is 10.0. The van der Waals surface area contributed by atoms with Crippen LogP contribution < -0.4 is 15.5 Å². The van der Waals surface area contributed by atoms with E-state index in [2.05, 4.69) is 69.1 Å². The molecule has 0 spiro atoms. The van der Waals surface area contributed by atoms with Crippen LogP contribution in [0.3, 0.4) is 0 Å². The van der Waals surface area contributed by atoms with E-state index in [0.29, 0.717) is 19.1 Å². The van der Waals surface area contributed by atoms with Gasteiger partial charge in [0.25, 0.3) is 0 Å². The van der Waals surface area contributed by atoms with Crippen LogP contribution in [0.25, 0.3) is 0 Å². The van der Waals surface area contributed by atoms with Gasteiger partial charge in [0.05, 0.1) is 13.1 Å². The van der Waals surface area contributed by atoms with Gasteiger partial charge in [-0.05, 0) is 44.4 Å². The number of rotatable bonds is 6. The molecule has 0 bridgehead atoms. The fourth-order valence-corrected chi connectivity index (χ4v) is 3.95. The van der Waals surface area contributed by atoms with Crippen molar-refractivity contribution in [2.45, 2.75) is 45.8 Å². The average molecular weight is 560 g/mol. The van der Waals surface area contributed by atoms with E-state index in [-0.39, 0.29) is 24.0 Å². The van der Waals surface area contributed by atoms with Gasteiger partial charge in [0.1, 0.15) is 5.82 Å². The topological polar surface area (TPSA) is 70.4 Å². The highest BCUT2D eigenvalue weighted by molar-refractivity contribution is 14.0. The Labute approximate surface area is 213 Å². The van der Waals surface area contributed by atoms with Crippen LogP contribution in [0.15, 0.2) is 59.6 Å². The van der Waals surface area contributed by atoms with E-state index in [1.165, 1.54) is 16.8 Å². The summed E-state index contributed by atoms with van der Waals surface area (Å²) < 4.78 is 2.00. The summed E-state index contributed by atoms with van der Waals surface area (Å²) in [6.07, 6.45) is 2.28. The molecule has 8 heteroatoms. The van der Waals surface area contributed by atoms with Crippen LogP contribution in [-0.4, -0.2) is 39.9 Å². The van der Waals surface area contributed by atoms with Crippen LogP contribution in [0, 0.1) is 13.8 Å². The molecule has 2 heterocycles. The first kappa shape index (κ1) is 25.0. The van der Waals surface area contributed by atoms with E-state index >= 15 is 0 Å². The van der Waals surface area contributed by atoms with Gasteiger partial charge >= 0.3 is 0 Å². The molecular formula is C25H34IN7. The smallest absolute Gasteiger partial charge is 0.192 e. The Balaban J connectivity index is 0.00000306. The van der Waals surface area contributed by atoms with Gasteiger partial charge in [-0.2, -0.15) is 0 Å². The Morgan fingerprint density at radius 2 is 1.82 bits per heavy atom. The SMILES string of the molecule is Cc1ccc(N2CCCC(NC(=NCc3ccccc3)NCc3nnc(C)n3C)C2)cc1.I. The molecule has 1 saturated heterocycles. The van der Waals surface area contributed by atoms with Crippen molar-refractivity contribution in [2.75, 3.05) is 18.0 Å². The van der Waals surface area contributed by atoms with E-state index in [1.54, 1.807) is 0 Å². The summed E-state index contributed by atoms with van der Waals surface area (Å²) in [6, 6.07) is 19.5. The number of nitrogens with zero attached hydrogens (tertiary/aromatic N) is 5. The normalized spacial score (nSPS) is 16.3. The zero-order valence-corrected chi connectivity index (χ0v) is 22.0. The standard InChI is InChI=1S/C25H33N7.HI/c1-19-11-13-23(14-12-19)32-15-7-10-22(18-32)28-25(26-16-21-8-5-4-6-9-21)27-17-24-30-29-20(2)31(24)3;/h4-6,8-9,11-14,22H,7,10,15-18H2,1-3H3,(H2,26,27,28);1H. The number of benzene rings is 2. The fourth-order valence-electron chi connectivity index (χ4n) is 3.95. The van der Waals surface area contributed by atoms with E-state index < -0.39 is 0 Å². The van der Waals surface area contributed by atoms with Gasteiger partial charge in [-0.3, -0.25) is 0 Å². The maximum absolute atomic E-state index is 4.87. The van der Waals surface area contributed by atoms with Crippen LogP contribution >= 0.6 is 24.0 Å². The molecule has 0 amide bonds. The Morgan fingerprint density at radius 1 is 1.06 bits per heavy atom. The molecule has 0 aliphatic carbocycles. The molecule has 2 aromatic carbocycles. The van der Waals surface area contributed by atoms with Crippen molar-refractivity contribution in [1.82, 2.24) is 25.4 Å². The number of aryl methyl sites for hydroxylation is 2. The predicted molar refractivity (Wildman–Crippen MR) is 145 cm³/mol. The number of hydrogen-bond acceptors (Lipinski definition) is 4. The van der Waals surface area contributed by atoms with Gasteiger partial charge < -0.3 is 20.1 Å². The monoisotopic (exact) mass is 559 g/mol. The maximum Gasteiger partial charge on any atom is 0.192 e. The van der Waals surface area contributed by atoms with Gasteiger partial charge in [-0.1, -0.05) is 48.0 Å². The molecule has 1 unspecified atom stereocenters. The number of aliphatic imine (C=N–C) groups is 1. The quantitative estimate of drug-likeness (QED) is 0.272. The zero-order chi connectivity index (χ0) is 22.3. The number of nitrogens with one attached hydrogen (secondary N) is 2. The molecule has 176 valence electrons. The third-order valence-electron chi connectivity index (χ3n) is 6.02. The summed E-state index contributed by atoms with van der Waals surface area (Å²) in [6.45, 7) is 7.33. The molecule has 7 nitrogen and oxygen atoms in total. The largest absolute Gasteiger partial charge is 0.369 e. The summed E-state index contributed by atoms with van der Waals surface area (Å²) in [7, 11) is 1.99. The van der Waals surface area contributed by atoms with Crippen molar-refractivity contribution in [3.8, 4) is 0 Å². The number of anilines is 1. The Hall–Kier alpha value is -2.62. The molecule has 1 atom stereocenters.